The summed E-state index contributed by atoms with van der Waals surface area (Å²) in [5, 5.41) is 11.0. The van der Waals surface area contributed by atoms with E-state index in [0.29, 0.717) is 24.4 Å². The molecule has 0 saturated heterocycles. The number of hydrogen-bond acceptors (Lipinski definition) is 4. The molecule has 0 aliphatic heterocycles. The maximum atomic E-state index is 14.0. The van der Waals surface area contributed by atoms with Crippen LogP contribution in [0.5, 0.6) is 0 Å². The quantitative estimate of drug-likeness (QED) is 0.189. The van der Waals surface area contributed by atoms with Crippen molar-refractivity contribution < 1.29 is 14.6 Å². The summed E-state index contributed by atoms with van der Waals surface area (Å²) in [6, 6.07) is 0. The highest BCUT2D eigenvalue weighted by atomic mass is 16.5. The van der Waals surface area contributed by atoms with Crippen LogP contribution in [0, 0.1) is 50.2 Å². The molecule has 0 bridgehead atoms. The van der Waals surface area contributed by atoms with Crippen molar-refractivity contribution in [2.24, 2.45) is 56.0 Å². The van der Waals surface area contributed by atoms with E-state index in [0.717, 1.165) is 83.6 Å². The number of unbranched alkanes of at least 4 members (excludes halogenated alkanes) is 3. The van der Waals surface area contributed by atoms with E-state index in [2.05, 4.69) is 54.5 Å². The molecule has 4 nitrogen and oxygen atoms in total. The molecule has 3 N–H and O–H groups in total. The van der Waals surface area contributed by atoms with Crippen LogP contribution in [0.3, 0.4) is 0 Å². The highest BCUT2D eigenvalue weighted by Gasteiger charge is 2.69. The van der Waals surface area contributed by atoms with Crippen LogP contribution in [0.2, 0.25) is 0 Å². The van der Waals surface area contributed by atoms with Gasteiger partial charge in [0.15, 0.2) is 0 Å². The van der Waals surface area contributed by atoms with Crippen LogP contribution in [-0.2, 0) is 9.53 Å². The first-order valence-electron chi connectivity index (χ1n) is 16.9. The molecule has 4 saturated carbocycles. The van der Waals surface area contributed by atoms with Crippen LogP contribution in [0.4, 0.5) is 0 Å². The van der Waals surface area contributed by atoms with E-state index in [1.807, 2.05) is 0 Å². The molecular weight excluding hydrogens is 494 g/mol. The fraction of sp³-hybridized carbons (Fsp3) is 0.917. The van der Waals surface area contributed by atoms with E-state index in [9.17, 15) is 9.90 Å². The van der Waals surface area contributed by atoms with Crippen molar-refractivity contribution in [2.75, 3.05) is 13.2 Å². The fourth-order valence-electron chi connectivity index (χ4n) is 11.5. The summed E-state index contributed by atoms with van der Waals surface area (Å²) in [6.07, 6.45) is 17.6. The van der Waals surface area contributed by atoms with Gasteiger partial charge in [0.25, 0.3) is 0 Å². The summed E-state index contributed by atoms with van der Waals surface area (Å²) in [7, 11) is 0. The number of ether oxygens (including phenoxy) is 1. The third kappa shape index (κ3) is 4.47. The van der Waals surface area contributed by atoms with Gasteiger partial charge in [0.1, 0.15) is 0 Å². The molecule has 4 heteroatoms. The van der Waals surface area contributed by atoms with Crippen LogP contribution in [0.1, 0.15) is 138 Å². The summed E-state index contributed by atoms with van der Waals surface area (Å²) in [5.74, 6) is 1.59. The summed E-state index contributed by atoms with van der Waals surface area (Å²) < 4.78 is 6.13. The van der Waals surface area contributed by atoms with Gasteiger partial charge in [0, 0.05) is 0 Å². The number of allylic oxidation sites excluding steroid dienone is 2. The average Bonchev–Trinajstić information content (AvgIpc) is 2.88. The first-order valence-corrected chi connectivity index (χ1v) is 16.9. The van der Waals surface area contributed by atoms with E-state index < -0.39 is 0 Å². The van der Waals surface area contributed by atoms with Gasteiger partial charge in [-0.05, 0) is 128 Å². The average molecular weight is 556 g/mol. The molecular formula is C36H61NO3. The second-order valence-corrected chi connectivity index (χ2v) is 17.1. The number of aliphatic hydroxyl groups is 1. The zero-order valence-corrected chi connectivity index (χ0v) is 27.0. The summed E-state index contributed by atoms with van der Waals surface area (Å²) in [4.78, 5) is 14.0. The molecule has 5 aliphatic rings. The molecule has 228 valence electrons. The lowest BCUT2D eigenvalue weighted by atomic mass is 9.33. The number of aliphatic hydroxyl groups excluding tert-OH is 1. The van der Waals surface area contributed by atoms with Crippen LogP contribution in [-0.4, -0.2) is 30.3 Å². The van der Waals surface area contributed by atoms with E-state index in [1.54, 1.807) is 5.57 Å². The molecule has 0 aromatic carbocycles. The standard InChI is InChI=1S/C36H61NO3/c1-31(2)18-20-36(30(39)40-23-11-9-8-10-22-37)21-19-34(6)25(26(36)24-31)12-13-28-33(5)16-15-29(38)32(3,4)27(33)14-17-35(28,34)7/h12,26-29,38H,8-11,13-24,37H2,1-7H3/t26-,27-,28+,29-,33-,34+,35+,36-/m0/s1. The number of rotatable bonds is 7. The van der Waals surface area contributed by atoms with Crippen molar-refractivity contribution in [2.45, 2.75) is 144 Å². The number of hydrogen-bond donors (Lipinski definition) is 2. The molecule has 0 heterocycles. The minimum Gasteiger partial charge on any atom is -0.465 e. The Bertz CT molecular complexity index is 1000. The molecule has 5 aliphatic carbocycles. The number of fused-ring (bicyclic) bond motifs is 7. The molecule has 40 heavy (non-hydrogen) atoms. The Morgan fingerprint density at radius 1 is 0.900 bits per heavy atom. The minimum atomic E-state index is -0.348. The Balaban J connectivity index is 1.45. The topological polar surface area (TPSA) is 72.5 Å². The summed E-state index contributed by atoms with van der Waals surface area (Å²) >= 11 is 0. The summed E-state index contributed by atoms with van der Waals surface area (Å²) in [5.41, 5.74) is 7.74. The van der Waals surface area contributed by atoms with Crippen molar-refractivity contribution in [3.8, 4) is 0 Å². The molecule has 0 radical (unpaired) electrons. The predicted molar refractivity (Wildman–Crippen MR) is 164 cm³/mol. The SMILES string of the molecule is CC1(C)CC[C@]2(C(=O)OCCCCCCN)CC[C@]3(C)C(=CC[C@@H]4[C@@]5(C)CC[C@H](O)C(C)(C)[C@@H]5CC[C@]43C)[C@@H]2C1. The van der Waals surface area contributed by atoms with Crippen LogP contribution in [0.15, 0.2) is 11.6 Å². The fourth-order valence-corrected chi connectivity index (χ4v) is 11.5. The summed E-state index contributed by atoms with van der Waals surface area (Å²) in [6.45, 7) is 18.6. The van der Waals surface area contributed by atoms with E-state index in [4.69, 9.17) is 10.5 Å². The van der Waals surface area contributed by atoms with Gasteiger partial charge in [-0.1, -0.05) is 73.0 Å². The highest BCUT2D eigenvalue weighted by Crippen LogP contribution is 2.75. The maximum Gasteiger partial charge on any atom is 0.312 e. The Kier molecular flexibility index (Phi) is 7.94. The number of esters is 1. The van der Waals surface area contributed by atoms with Gasteiger partial charge in [-0.3, -0.25) is 4.79 Å². The number of nitrogens with two attached hydrogens (primary N) is 1. The monoisotopic (exact) mass is 555 g/mol. The lowest BCUT2D eigenvalue weighted by Crippen LogP contribution is -2.65. The smallest absolute Gasteiger partial charge is 0.312 e. The molecule has 0 aromatic heterocycles. The predicted octanol–water partition coefficient (Wildman–Crippen LogP) is 8.21. The second-order valence-electron chi connectivity index (χ2n) is 17.1. The normalized spacial score (nSPS) is 45.3. The van der Waals surface area contributed by atoms with Crippen LogP contribution >= 0.6 is 0 Å². The molecule has 0 amide bonds. The second kappa shape index (κ2) is 10.4. The molecule has 5 rings (SSSR count). The van der Waals surface area contributed by atoms with Crippen molar-refractivity contribution in [1.82, 2.24) is 0 Å². The third-order valence-corrected chi connectivity index (χ3v) is 14.4. The van der Waals surface area contributed by atoms with Crippen LogP contribution < -0.4 is 5.73 Å². The first-order chi connectivity index (χ1) is 18.7. The zero-order valence-electron chi connectivity index (χ0n) is 27.0. The third-order valence-electron chi connectivity index (χ3n) is 14.4. The molecule has 4 fully saturated rings. The molecule has 0 unspecified atom stereocenters. The Morgan fingerprint density at radius 2 is 1.60 bits per heavy atom. The van der Waals surface area contributed by atoms with Crippen LogP contribution in [0.25, 0.3) is 0 Å². The van der Waals surface area contributed by atoms with Crippen molar-refractivity contribution in [1.29, 1.82) is 0 Å². The Morgan fingerprint density at radius 3 is 2.33 bits per heavy atom. The van der Waals surface area contributed by atoms with E-state index >= 15 is 0 Å². The lowest BCUT2D eigenvalue weighted by Gasteiger charge is -2.71. The highest BCUT2D eigenvalue weighted by molar-refractivity contribution is 5.78. The first kappa shape index (κ1) is 30.6. The molecule has 0 spiro atoms. The van der Waals surface area contributed by atoms with Crippen molar-refractivity contribution in [3.05, 3.63) is 11.6 Å². The number of carbonyl (C=O) groups is 1. The lowest BCUT2D eigenvalue weighted by molar-refractivity contribution is -0.206. The van der Waals surface area contributed by atoms with Gasteiger partial charge < -0.3 is 15.6 Å². The zero-order chi connectivity index (χ0) is 29.2. The minimum absolute atomic E-state index is 0.0254. The van der Waals surface area contributed by atoms with Gasteiger partial charge in [-0.15, -0.1) is 0 Å². The van der Waals surface area contributed by atoms with Gasteiger partial charge >= 0.3 is 5.97 Å². The van der Waals surface area contributed by atoms with Gasteiger partial charge in [-0.2, -0.15) is 0 Å². The Labute approximate surface area is 245 Å². The largest absolute Gasteiger partial charge is 0.465 e. The van der Waals surface area contributed by atoms with Gasteiger partial charge in [-0.25, -0.2) is 0 Å². The van der Waals surface area contributed by atoms with Crippen molar-refractivity contribution >= 4 is 5.97 Å². The molecule has 8 atom stereocenters. The van der Waals surface area contributed by atoms with E-state index in [-0.39, 0.29) is 44.6 Å². The maximum absolute atomic E-state index is 14.0. The Hall–Kier alpha value is -0.870. The van der Waals surface area contributed by atoms with E-state index in [1.165, 1.54) is 12.8 Å². The number of carbonyl (C=O) groups excluding carboxylic acids is 1. The van der Waals surface area contributed by atoms with Gasteiger partial charge in [0.05, 0.1) is 18.1 Å². The van der Waals surface area contributed by atoms with Gasteiger partial charge in [0.2, 0.25) is 0 Å². The molecule has 0 aromatic rings. The van der Waals surface area contributed by atoms with Crippen molar-refractivity contribution in [3.63, 3.8) is 0 Å².